The largest absolute Gasteiger partial charge is 0.330 e. The molecule has 1 aliphatic rings. The van der Waals surface area contributed by atoms with E-state index < -0.39 is 0 Å². The Morgan fingerprint density at radius 3 is 2.83 bits per heavy atom. The highest BCUT2D eigenvalue weighted by atomic mass is 35.5. The lowest BCUT2D eigenvalue weighted by Gasteiger charge is -2.21. The predicted molar refractivity (Wildman–Crippen MR) is 71.2 cm³/mol. The molecule has 1 N–H and O–H groups in total. The van der Waals surface area contributed by atoms with Gasteiger partial charge in [-0.05, 0) is 5.56 Å². The van der Waals surface area contributed by atoms with Crippen molar-refractivity contribution in [3.8, 4) is 17.2 Å². The van der Waals surface area contributed by atoms with Gasteiger partial charge in [0.2, 0.25) is 0 Å². The maximum atomic E-state index is 9.38. The molecule has 1 aromatic heterocycles. The summed E-state index contributed by atoms with van der Waals surface area (Å²) in [4.78, 5) is 0. The molecular formula is C14H12ClN3. The molecule has 0 amide bonds. The summed E-state index contributed by atoms with van der Waals surface area (Å²) in [5.41, 5.74) is 3.59. The molecule has 0 fully saturated rings. The van der Waals surface area contributed by atoms with Gasteiger partial charge in [-0.1, -0.05) is 41.9 Å². The van der Waals surface area contributed by atoms with Crippen LogP contribution in [0.25, 0.3) is 11.1 Å². The maximum Gasteiger partial charge on any atom is 0.120 e. The SMILES string of the molecule is N#Cc1c(-c2ccccc2)cn2c1CNCC2Cl. The molecule has 2 aromatic rings. The fraction of sp³-hybridized carbons (Fsp3) is 0.214. The molecule has 0 saturated carbocycles. The van der Waals surface area contributed by atoms with Crippen LogP contribution in [0.2, 0.25) is 0 Å². The molecule has 0 bridgehead atoms. The minimum absolute atomic E-state index is 0.127. The van der Waals surface area contributed by atoms with Gasteiger partial charge in [-0.15, -0.1) is 0 Å². The summed E-state index contributed by atoms with van der Waals surface area (Å²) in [6.45, 7) is 1.42. The molecule has 18 heavy (non-hydrogen) atoms. The van der Waals surface area contributed by atoms with E-state index in [1.165, 1.54) is 0 Å². The van der Waals surface area contributed by atoms with Gasteiger partial charge in [0, 0.05) is 24.8 Å². The van der Waals surface area contributed by atoms with Gasteiger partial charge in [-0.3, -0.25) is 0 Å². The number of nitriles is 1. The Morgan fingerprint density at radius 2 is 2.11 bits per heavy atom. The van der Waals surface area contributed by atoms with Crippen LogP contribution in [0.4, 0.5) is 0 Å². The number of rotatable bonds is 1. The summed E-state index contributed by atoms with van der Waals surface area (Å²) < 4.78 is 2.00. The van der Waals surface area contributed by atoms with Gasteiger partial charge in [0.15, 0.2) is 0 Å². The highest BCUT2D eigenvalue weighted by Crippen LogP contribution is 2.32. The molecule has 1 aliphatic heterocycles. The lowest BCUT2D eigenvalue weighted by molar-refractivity contribution is 0.498. The zero-order chi connectivity index (χ0) is 12.5. The number of benzene rings is 1. The molecule has 0 radical (unpaired) electrons. The second-order valence-corrected chi connectivity index (χ2v) is 4.82. The van der Waals surface area contributed by atoms with Crippen molar-refractivity contribution >= 4 is 11.6 Å². The van der Waals surface area contributed by atoms with E-state index in [9.17, 15) is 5.26 Å². The first-order valence-electron chi connectivity index (χ1n) is 5.85. The fourth-order valence-electron chi connectivity index (χ4n) is 2.37. The van der Waals surface area contributed by atoms with Gasteiger partial charge < -0.3 is 9.88 Å². The van der Waals surface area contributed by atoms with Crippen molar-refractivity contribution < 1.29 is 0 Å². The summed E-state index contributed by atoms with van der Waals surface area (Å²) in [7, 11) is 0. The molecule has 1 atom stereocenters. The lowest BCUT2D eigenvalue weighted by atomic mass is 10.0. The van der Waals surface area contributed by atoms with Crippen LogP contribution < -0.4 is 5.32 Å². The van der Waals surface area contributed by atoms with Gasteiger partial charge in [0.05, 0.1) is 11.3 Å². The first-order chi connectivity index (χ1) is 8.81. The van der Waals surface area contributed by atoms with Gasteiger partial charge in [0.25, 0.3) is 0 Å². The second kappa shape index (κ2) is 4.49. The topological polar surface area (TPSA) is 40.8 Å². The third kappa shape index (κ3) is 1.71. The zero-order valence-electron chi connectivity index (χ0n) is 9.73. The highest BCUT2D eigenvalue weighted by Gasteiger charge is 2.23. The van der Waals surface area contributed by atoms with Gasteiger partial charge >= 0.3 is 0 Å². The van der Waals surface area contributed by atoms with Crippen LogP contribution in [0.1, 0.15) is 16.8 Å². The molecule has 3 rings (SSSR count). The number of alkyl halides is 1. The number of nitrogens with zero attached hydrogens (tertiary/aromatic N) is 2. The Balaban J connectivity index is 2.20. The summed E-state index contributed by atoms with van der Waals surface area (Å²) in [6, 6.07) is 12.2. The Morgan fingerprint density at radius 1 is 1.33 bits per heavy atom. The minimum atomic E-state index is -0.127. The zero-order valence-corrected chi connectivity index (χ0v) is 10.5. The monoisotopic (exact) mass is 257 g/mol. The van der Waals surface area contributed by atoms with E-state index in [0.29, 0.717) is 6.54 Å². The Hall–Kier alpha value is -1.76. The summed E-state index contributed by atoms with van der Waals surface area (Å²) in [5.74, 6) is 0. The highest BCUT2D eigenvalue weighted by molar-refractivity contribution is 6.19. The average molecular weight is 258 g/mol. The van der Waals surface area contributed by atoms with Crippen molar-refractivity contribution in [1.82, 2.24) is 9.88 Å². The number of halogens is 1. The van der Waals surface area contributed by atoms with Gasteiger partial charge in [-0.2, -0.15) is 5.26 Å². The van der Waals surface area contributed by atoms with E-state index in [0.717, 1.165) is 28.9 Å². The lowest BCUT2D eigenvalue weighted by Crippen LogP contribution is -2.30. The third-order valence-electron chi connectivity index (χ3n) is 3.24. The van der Waals surface area contributed by atoms with E-state index in [1.807, 2.05) is 41.1 Å². The van der Waals surface area contributed by atoms with Gasteiger partial charge in [0.1, 0.15) is 11.6 Å². The van der Waals surface area contributed by atoms with Crippen molar-refractivity contribution in [3.63, 3.8) is 0 Å². The van der Waals surface area contributed by atoms with E-state index in [1.54, 1.807) is 0 Å². The second-order valence-electron chi connectivity index (χ2n) is 4.31. The van der Waals surface area contributed by atoms with Crippen LogP contribution in [0.15, 0.2) is 36.5 Å². The van der Waals surface area contributed by atoms with Crippen LogP contribution in [0.5, 0.6) is 0 Å². The van der Waals surface area contributed by atoms with Crippen molar-refractivity contribution in [3.05, 3.63) is 47.8 Å². The van der Waals surface area contributed by atoms with Crippen molar-refractivity contribution in [2.75, 3.05) is 6.54 Å². The molecule has 1 unspecified atom stereocenters. The van der Waals surface area contributed by atoms with Gasteiger partial charge in [-0.25, -0.2) is 0 Å². The molecule has 2 heterocycles. The van der Waals surface area contributed by atoms with Crippen LogP contribution in [-0.4, -0.2) is 11.1 Å². The standard InChI is InChI=1S/C14H12ClN3/c15-14-8-17-7-13-11(6-16)12(9-18(13)14)10-4-2-1-3-5-10/h1-5,9,14,17H,7-8H2. The number of aromatic nitrogens is 1. The smallest absolute Gasteiger partial charge is 0.120 e. The number of hydrogen-bond acceptors (Lipinski definition) is 2. The maximum absolute atomic E-state index is 9.38. The quantitative estimate of drug-likeness (QED) is 0.798. The van der Waals surface area contributed by atoms with E-state index in [-0.39, 0.29) is 5.50 Å². The fourth-order valence-corrected chi connectivity index (χ4v) is 2.65. The van der Waals surface area contributed by atoms with E-state index in [2.05, 4.69) is 11.4 Å². The molecule has 0 spiro atoms. The summed E-state index contributed by atoms with van der Waals surface area (Å²) in [6.07, 6.45) is 1.99. The third-order valence-corrected chi connectivity index (χ3v) is 3.61. The first kappa shape index (κ1) is 11.3. The minimum Gasteiger partial charge on any atom is -0.330 e. The molecular weight excluding hydrogens is 246 g/mol. The first-order valence-corrected chi connectivity index (χ1v) is 6.29. The average Bonchev–Trinajstić information content (AvgIpc) is 2.80. The van der Waals surface area contributed by atoms with E-state index in [4.69, 9.17) is 11.6 Å². The molecule has 90 valence electrons. The van der Waals surface area contributed by atoms with Crippen LogP contribution in [0, 0.1) is 11.3 Å². The molecule has 4 heteroatoms. The van der Waals surface area contributed by atoms with Crippen molar-refractivity contribution in [1.29, 1.82) is 5.26 Å². The molecule has 1 aromatic carbocycles. The normalized spacial score (nSPS) is 18.1. The summed E-state index contributed by atoms with van der Waals surface area (Å²) >= 11 is 6.27. The van der Waals surface area contributed by atoms with Crippen molar-refractivity contribution in [2.24, 2.45) is 0 Å². The number of fused-ring (bicyclic) bond motifs is 1. The Bertz CT molecular complexity index is 610. The van der Waals surface area contributed by atoms with Crippen LogP contribution >= 0.6 is 11.6 Å². The number of hydrogen-bond donors (Lipinski definition) is 1. The van der Waals surface area contributed by atoms with Crippen molar-refractivity contribution in [2.45, 2.75) is 12.0 Å². The molecule has 0 aliphatic carbocycles. The van der Waals surface area contributed by atoms with E-state index >= 15 is 0 Å². The van der Waals surface area contributed by atoms with Crippen LogP contribution in [0.3, 0.4) is 0 Å². The Kier molecular flexibility index (Phi) is 2.83. The molecule has 3 nitrogen and oxygen atoms in total. The van der Waals surface area contributed by atoms with Crippen LogP contribution in [-0.2, 0) is 6.54 Å². The Labute approximate surface area is 111 Å². The predicted octanol–water partition coefficient (Wildman–Crippen LogP) is 2.87. The number of nitrogens with one attached hydrogen (secondary N) is 1. The summed E-state index contributed by atoms with van der Waals surface area (Å²) in [5, 5.41) is 12.6. The molecule has 0 saturated heterocycles.